The summed E-state index contributed by atoms with van der Waals surface area (Å²) in [4.78, 5) is 5.07. The molecule has 0 aromatic rings. The smallest absolute Gasteiger partial charge is 0.0503 e. The molecule has 2 N–H and O–H groups in total. The fourth-order valence-corrected chi connectivity index (χ4v) is 2.91. The van der Waals surface area contributed by atoms with E-state index in [0.717, 1.165) is 39.3 Å². The molecule has 1 aliphatic heterocycles. The normalized spacial score (nSPS) is 27.0. The molecule has 0 spiro atoms. The van der Waals surface area contributed by atoms with Crippen molar-refractivity contribution in [2.75, 3.05) is 46.4 Å². The van der Waals surface area contributed by atoms with E-state index in [4.69, 9.17) is 10.5 Å². The molecule has 1 saturated heterocycles. The quantitative estimate of drug-likeness (QED) is 0.743. The summed E-state index contributed by atoms with van der Waals surface area (Å²) >= 11 is 0. The van der Waals surface area contributed by atoms with Gasteiger partial charge in [-0.05, 0) is 19.4 Å². The number of piperazine rings is 1. The van der Waals surface area contributed by atoms with Gasteiger partial charge in [-0.15, -0.1) is 0 Å². The van der Waals surface area contributed by atoms with E-state index < -0.39 is 0 Å². The molecule has 1 heterocycles. The number of nitrogens with two attached hydrogens (primary N) is 1. The molecule has 0 aromatic heterocycles. The standard InChI is InChI=1S/C13H29N3O/c1-5-15-6-7-16(9-12(15)3)13(8-14)11(2)10-17-4/h11-13H,5-10,14H2,1-4H3. The van der Waals surface area contributed by atoms with Crippen molar-refractivity contribution in [2.24, 2.45) is 11.7 Å². The van der Waals surface area contributed by atoms with Crippen molar-refractivity contribution in [3.63, 3.8) is 0 Å². The minimum absolute atomic E-state index is 0.455. The number of methoxy groups -OCH3 is 1. The van der Waals surface area contributed by atoms with Crippen LogP contribution in [0, 0.1) is 5.92 Å². The Kier molecular flexibility index (Phi) is 6.41. The number of nitrogens with zero attached hydrogens (tertiary/aromatic N) is 2. The Morgan fingerprint density at radius 1 is 1.41 bits per heavy atom. The number of hydrogen-bond donors (Lipinski definition) is 1. The largest absolute Gasteiger partial charge is 0.384 e. The van der Waals surface area contributed by atoms with Gasteiger partial charge in [0.25, 0.3) is 0 Å². The molecule has 3 atom stereocenters. The third-order valence-electron chi connectivity index (χ3n) is 4.00. The van der Waals surface area contributed by atoms with Crippen LogP contribution in [0.4, 0.5) is 0 Å². The highest BCUT2D eigenvalue weighted by atomic mass is 16.5. The number of likely N-dealkylation sites (N-methyl/N-ethyl adjacent to an activating group) is 1. The van der Waals surface area contributed by atoms with Gasteiger partial charge >= 0.3 is 0 Å². The molecule has 0 amide bonds. The second kappa shape index (κ2) is 7.31. The van der Waals surface area contributed by atoms with Gasteiger partial charge in [0.2, 0.25) is 0 Å². The van der Waals surface area contributed by atoms with Crippen LogP contribution in [0.25, 0.3) is 0 Å². The van der Waals surface area contributed by atoms with Crippen LogP contribution < -0.4 is 5.73 Å². The molecule has 17 heavy (non-hydrogen) atoms. The van der Waals surface area contributed by atoms with Gasteiger partial charge in [0.05, 0.1) is 6.61 Å². The second-order valence-corrected chi connectivity index (χ2v) is 5.21. The summed E-state index contributed by atoms with van der Waals surface area (Å²) in [6.45, 7) is 12.9. The summed E-state index contributed by atoms with van der Waals surface area (Å²) in [7, 11) is 1.77. The minimum atomic E-state index is 0.455. The summed E-state index contributed by atoms with van der Waals surface area (Å²) in [5.74, 6) is 0.505. The summed E-state index contributed by atoms with van der Waals surface area (Å²) in [5.41, 5.74) is 5.94. The maximum Gasteiger partial charge on any atom is 0.0503 e. The van der Waals surface area contributed by atoms with Crippen LogP contribution in [0.15, 0.2) is 0 Å². The predicted molar refractivity (Wildman–Crippen MR) is 72.2 cm³/mol. The topological polar surface area (TPSA) is 41.7 Å². The molecule has 3 unspecified atom stereocenters. The van der Waals surface area contributed by atoms with Crippen molar-refractivity contribution in [1.29, 1.82) is 0 Å². The Bertz CT molecular complexity index is 213. The Balaban J connectivity index is 2.53. The SMILES string of the molecule is CCN1CCN(C(CN)C(C)COC)CC1C. The molecule has 4 heteroatoms. The lowest BCUT2D eigenvalue weighted by atomic mass is 9.99. The molecule has 102 valence electrons. The monoisotopic (exact) mass is 243 g/mol. The first-order chi connectivity index (χ1) is 8.13. The van der Waals surface area contributed by atoms with Crippen molar-refractivity contribution in [2.45, 2.75) is 32.9 Å². The molecular weight excluding hydrogens is 214 g/mol. The maximum absolute atomic E-state index is 5.94. The highest BCUT2D eigenvalue weighted by molar-refractivity contribution is 4.85. The summed E-state index contributed by atoms with van der Waals surface area (Å²) < 4.78 is 5.25. The Hall–Kier alpha value is -0.160. The zero-order chi connectivity index (χ0) is 12.8. The maximum atomic E-state index is 5.94. The van der Waals surface area contributed by atoms with Crippen LogP contribution in [0.5, 0.6) is 0 Å². The van der Waals surface area contributed by atoms with Gasteiger partial charge in [-0.3, -0.25) is 9.80 Å². The van der Waals surface area contributed by atoms with Gasteiger partial charge in [-0.1, -0.05) is 13.8 Å². The number of rotatable bonds is 6. The van der Waals surface area contributed by atoms with Crippen LogP contribution in [-0.4, -0.2) is 68.3 Å². The average Bonchev–Trinajstić information content (AvgIpc) is 2.30. The third kappa shape index (κ3) is 3.91. The van der Waals surface area contributed by atoms with Crippen LogP contribution in [0.2, 0.25) is 0 Å². The number of hydrogen-bond acceptors (Lipinski definition) is 4. The molecule has 1 fully saturated rings. The van der Waals surface area contributed by atoms with E-state index in [9.17, 15) is 0 Å². The van der Waals surface area contributed by atoms with Crippen LogP contribution >= 0.6 is 0 Å². The zero-order valence-corrected chi connectivity index (χ0v) is 11.9. The average molecular weight is 243 g/mol. The molecule has 1 aliphatic rings. The first-order valence-electron chi connectivity index (χ1n) is 6.81. The predicted octanol–water partition coefficient (Wildman–Crippen LogP) is 0.622. The molecule has 0 bridgehead atoms. The Morgan fingerprint density at radius 3 is 2.59 bits per heavy atom. The van der Waals surface area contributed by atoms with Crippen molar-refractivity contribution >= 4 is 0 Å². The first-order valence-corrected chi connectivity index (χ1v) is 6.81. The second-order valence-electron chi connectivity index (χ2n) is 5.21. The highest BCUT2D eigenvalue weighted by Gasteiger charge is 2.29. The van der Waals surface area contributed by atoms with E-state index in [1.807, 2.05) is 0 Å². The van der Waals surface area contributed by atoms with Crippen LogP contribution in [0.1, 0.15) is 20.8 Å². The van der Waals surface area contributed by atoms with Gasteiger partial charge in [0, 0.05) is 45.4 Å². The van der Waals surface area contributed by atoms with Gasteiger partial charge in [-0.25, -0.2) is 0 Å². The summed E-state index contributed by atoms with van der Waals surface area (Å²) in [6, 6.07) is 1.09. The van der Waals surface area contributed by atoms with Gasteiger partial charge in [0.1, 0.15) is 0 Å². The third-order valence-corrected chi connectivity index (χ3v) is 4.00. The molecule has 0 radical (unpaired) electrons. The molecule has 0 aliphatic carbocycles. The Morgan fingerprint density at radius 2 is 2.12 bits per heavy atom. The van der Waals surface area contributed by atoms with Crippen molar-refractivity contribution < 1.29 is 4.74 Å². The van der Waals surface area contributed by atoms with Gasteiger partial charge in [0.15, 0.2) is 0 Å². The van der Waals surface area contributed by atoms with E-state index in [-0.39, 0.29) is 0 Å². The minimum Gasteiger partial charge on any atom is -0.384 e. The van der Waals surface area contributed by atoms with E-state index in [2.05, 4.69) is 30.6 Å². The molecule has 0 saturated carbocycles. The van der Waals surface area contributed by atoms with Crippen molar-refractivity contribution in [3.05, 3.63) is 0 Å². The molecule has 4 nitrogen and oxygen atoms in total. The van der Waals surface area contributed by atoms with Crippen LogP contribution in [-0.2, 0) is 4.74 Å². The molecular formula is C13H29N3O. The summed E-state index contributed by atoms with van der Waals surface area (Å²) in [6.07, 6.45) is 0. The van der Waals surface area contributed by atoms with Crippen molar-refractivity contribution in [3.8, 4) is 0 Å². The fraction of sp³-hybridized carbons (Fsp3) is 1.00. The lowest BCUT2D eigenvalue weighted by Gasteiger charge is -2.44. The summed E-state index contributed by atoms with van der Waals surface area (Å²) in [5, 5.41) is 0. The molecule has 1 rings (SSSR count). The van der Waals surface area contributed by atoms with Crippen molar-refractivity contribution in [1.82, 2.24) is 9.80 Å². The molecule has 0 aromatic carbocycles. The lowest BCUT2D eigenvalue weighted by molar-refractivity contribution is 0.0259. The van der Waals surface area contributed by atoms with E-state index >= 15 is 0 Å². The zero-order valence-electron chi connectivity index (χ0n) is 11.9. The Labute approximate surface area is 106 Å². The van der Waals surface area contributed by atoms with E-state index in [0.29, 0.717) is 18.0 Å². The highest BCUT2D eigenvalue weighted by Crippen LogP contribution is 2.16. The van der Waals surface area contributed by atoms with E-state index in [1.54, 1.807) is 7.11 Å². The van der Waals surface area contributed by atoms with E-state index in [1.165, 1.54) is 0 Å². The van der Waals surface area contributed by atoms with Crippen LogP contribution in [0.3, 0.4) is 0 Å². The lowest BCUT2D eigenvalue weighted by Crippen LogP contribution is -2.58. The van der Waals surface area contributed by atoms with Gasteiger partial charge in [-0.2, -0.15) is 0 Å². The first kappa shape index (κ1) is 14.9. The number of ether oxygens (including phenoxy) is 1. The fourth-order valence-electron chi connectivity index (χ4n) is 2.91. The van der Waals surface area contributed by atoms with Gasteiger partial charge < -0.3 is 10.5 Å².